The van der Waals surface area contributed by atoms with Gasteiger partial charge in [-0.25, -0.2) is 0 Å². The van der Waals surface area contributed by atoms with Crippen molar-refractivity contribution in [1.29, 1.82) is 0 Å². The summed E-state index contributed by atoms with van der Waals surface area (Å²) in [6.45, 7) is 4.95. The van der Waals surface area contributed by atoms with E-state index >= 15 is 0 Å². The second-order valence-electron chi connectivity index (χ2n) is 7.44. The van der Waals surface area contributed by atoms with E-state index < -0.39 is 0 Å². The molecule has 2 bridgehead atoms. The number of hydrogen-bond donors (Lipinski definition) is 1. The highest BCUT2D eigenvalue weighted by Crippen LogP contribution is 2.73. The van der Waals surface area contributed by atoms with Crippen LogP contribution in [0.25, 0.3) is 0 Å². The van der Waals surface area contributed by atoms with E-state index in [9.17, 15) is 0 Å². The van der Waals surface area contributed by atoms with Crippen LogP contribution in [0.3, 0.4) is 0 Å². The smallest absolute Gasteiger partial charge is 0.0250 e. The monoisotopic (exact) mass is 217 g/mol. The molecule has 0 radical (unpaired) electrons. The Balaban J connectivity index is 1.72. The van der Waals surface area contributed by atoms with Crippen molar-refractivity contribution in [3.63, 3.8) is 0 Å². The predicted octanol–water partition coefficient (Wildman–Crippen LogP) is 3.25. The van der Waals surface area contributed by atoms with E-state index in [1.54, 1.807) is 5.57 Å². The molecule has 2 atom stereocenters. The van der Waals surface area contributed by atoms with Gasteiger partial charge in [0, 0.05) is 11.0 Å². The Labute approximate surface area is 98.5 Å². The van der Waals surface area contributed by atoms with E-state index in [0.717, 1.165) is 11.8 Å². The first-order chi connectivity index (χ1) is 7.50. The van der Waals surface area contributed by atoms with Gasteiger partial charge in [-0.3, -0.25) is 0 Å². The zero-order valence-electron chi connectivity index (χ0n) is 10.6. The lowest BCUT2D eigenvalue weighted by atomic mass is 9.46. The fraction of sp³-hybridized carbons (Fsp3) is 0.867. The number of allylic oxidation sites excluding steroid dienone is 1. The van der Waals surface area contributed by atoms with Gasteiger partial charge in [-0.1, -0.05) is 25.5 Å². The minimum atomic E-state index is 0.220. The Bertz CT molecular complexity index is 382. The molecule has 1 heteroatoms. The standard InChI is InChI=1S/C15H23N/c1-13(2)10-3-4-11(12(13)9-10)14(5-6-14)15(16)7-8-15/h4,10,12H,3,5-9,16H2,1-2H3. The van der Waals surface area contributed by atoms with Crippen LogP contribution in [0.15, 0.2) is 11.6 Å². The second-order valence-corrected chi connectivity index (χ2v) is 7.44. The third kappa shape index (κ3) is 0.895. The molecule has 5 aliphatic rings. The van der Waals surface area contributed by atoms with Crippen molar-refractivity contribution >= 4 is 0 Å². The van der Waals surface area contributed by atoms with Crippen LogP contribution in [0, 0.1) is 22.7 Å². The van der Waals surface area contributed by atoms with Crippen molar-refractivity contribution in [2.24, 2.45) is 28.4 Å². The average Bonchev–Trinajstić information content (AvgIpc) is 3.12. The maximum atomic E-state index is 6.54. The van der Waals surface area contributed by atoms with Gasteiger partial charge in [0.2, 0.25) is 0 Å². The van der Waals surface area contributed by atoms with Crippen LogP contribution in [0.1, 0.15) is 52.4 Å². The van der Waals surface area contributed by atoms with Crippen LogP contribution < -0.4 is 5.73 Å². The van der Waals surface area contributed by atoms with Gasteiger partial charge in [-0.15, -0.1) is 0 Å². The van der Waals surface area contributed by atoms with Gasteiger partial charge in [0.1, 0.15) is 0 Å². The second kappa shape index (κ2) is 2.43. The van der Waals surface area contributed by atoms with Gasteiger partial charge in [0.15, 0.2) is 0 Å². The molecule has 3 fully saturated rings. The normalized spacial score (nSPS) is 44.3. The summed E-state index contributed by atoms with van der Waals surface area (Å²) in [4.78, 5) is 0. The summed E-state index contributed by atoms with van der Waals surface area (Å²) in [5, 5.41) is 0. The van der Waals surface area contributed by atoms with Crippen LogP contribution in [-0.4, -0.2) is 5.54 Å². The third-order valence-corrected chi connectivity index (χ3v) is 6.51. The highest BCUT2D eigenvalue weighted by atomic mass is 14.9. The molecule has 5 rings (SSSR count). The summed E-state index contributed by atoms with van der Waals surface area (Å²) in [6.07, 6.45) is 10.7. The Morgan fingerprint density at radius 1 is 1.19 bits per heavy atom. The van der Waals surface area contributed by atoms with E-state index in [4.69, 9.17) is 5.73 Å². The van der Waals surface area contributed by atoms with Gasteiger partial charge in [0.05, 0.1) is 0 Å². The SMILES string of the molecule is CC1(C)C2CC=C(C3(C4(N)CC4)CC3)C1C2. The van der Waals surface area contributed by atoms with Crippen LogP contribution in [0.5, 0.6) is 0 Å². The summed E-state index contributed by atoms with van der Waals surface area (Å²) in [5.74, 6) is 1.83. The maximum Gasteiger partial charge on any atom is 0.0250 e. The van der Waals surface area contributed by atoms with Crippen molar-refractivity contribution in [1.82, 2.24) is 0 Å². The molecule has 16 heavy (non-hydrogen) atoms. The molecule has 0 saturated heterocycles. The van der Waals surface area contributed by atoms with E-state index in [2.05, 4.69) is 19.9 Å². The first kappa shape index (κ1) is 9.70. The first-order valence-electron chi connectivity index (χ1n) is 6.99. The molecule has 0 spiro atoms. The third-order valence-electron chi connectivity index (χ3n) is 6.51. The van der Waals surface area contributed by atoms with Crippen molar-refractivity contribution in [3.8, 4) is 0 Å². The number of rotatable bonds is 2. The lowest BCUT2D eigenvalue weighted by molar-refractivity contribution is -0.0166. The summed E-state index contributed by atoms with van der Waals surface area (Å²) < 4.78 is 0. The summed E-state index contributed by atoms with van der Waals surface area (Å²) in [6, 6.07) is 0. The van der Waals surface area contributed by atoms with Crippen LogP contribution >= 0.6 is 0 Å². The maximum absolute atomic E-state index is 6.54. The molecular weight excluding hydrogens is 194 g/mol. The largest absolute Gasteiger partial charge is 0.324 e. The fourth-order valence-electron chi connectivity index (χ4n) is 4.70. The van der Waals surface area contributed by atoms with E-state index in [-0.39, 0.29) is 5.54 Å². The van der Waals surface area contributed by atoms with Gasteiger partial charge in [-0.2, -0.15) is 0 Å². The topological polar surface area (TPSA) is 26.0 Å². The first-order valence-corrected chi connectivity index (χ1v) is 6.99. The summed E-state index contributed by atoms with van der Waals surface area (Å²) >= 11 is 0. The molecule has 0 aliphatic heterocycles. The predicted molar refractivity (Wildman–Crippen MR) is 65.9 cm³/mol. The molecule has 0 aromatic heterocycles. The van der Waals surface area contributed by atoms with Crippen LogP contribution in [0.2, 0.25) is 0 Å². The zero-order valence-corrected chi connectivity index (χ0v) is 10.6. The van der Waals surface area contributed by atoms with Crippen molar-refractivity contribution < 1.29 is 0 Å². The van der Waals surface area contributed by atoms with Gasteiger partial charge < -0.3 is 5.73 Å². The Hall–Kier alpha value is -0.300. The van der Waals surface area contributed by atoms with Crippen LogP contribution in [-0.2, 0) is 0 Å². The minimum Gasteiger partial charge on any atom is -0.324 e. The van der Waals surface area contributed by atoms with Gasteiger partial charge in [0.25, 0.3) is 0 Å². The zero-order chi connectivity index (χ0) is 11.2. The molecule has 88 valence electrons. The van der Waals surface area contributed by atoms with Gasteiger partial charge >= 0.3 is 0 Å². The summed E-state index contributed by atoms with van der Waals surface area (Å²) in [5.41, 5.74) is 9.60. The van der Waals surface area contributed by atoms with Crippen molar-refractivity contribution in [2.75, 3.05) is 0 Å². The Morgan fingerprint density at radius 2 is 1.88 bits per heavy atom. The number of hydrogen-bond acceptors (Lipinski definition) is 1. The molecule has 5 aliphatic carbocycles. The molecular formula is C15H23N. The fourth-order valence-corrected chi connectivity index (χ4v) is 4.70. The molecule has 0 amide bonds. The molecule has 2 N–H and O–H groups in total. The van der Waals surface area contributed by atoms with E-state index in [1.807, 2.05) is 0 Å². The quantitative estimate of drug-likeness (QED) is 0.706. The average molecular weight is 217 g/mol. The lowest BCUT2D eigenvalue weighted by Gasteiger charge is -2.58. The summed E-state index contributed by atoms with van der Waals surface area (Å²) in [7, 11) is 0. The molecule has 3 saturated carbocycles. The van der Waals surface area contributed by atoms with E-state index in [1.165, 1.54) is 38.5 Å². The Kier molecular flexibility index (Phi) is 1.47. The molecule has 0 heterocycles. The minimum absolute atomic E-state index is 0.220. The van der Waals surface area contributed by atoms with E-state index in [0.29, 0.717) is 10.8 Å². The lowest BCUT2D eigenvalue weighted by Crippen LogP contribution is -2.52. The molecule has 0 aromatic carbocycles. The number of fused-ring (bicyclic) bond motifs is 1. The molecule has 1 nitrogen and oxygen atoms in total. The van der Waals surface area contributed by atoms with Crippen molar-refractivity contribution in [3.05, 3.63) is 11.6 Å². The Morgan fingerprint density at radius 3 is 2.31 bits per heavy atom. The van der Waals surface area contributed by atoms with Crippen LogP contribution in [0.4, 0.5) is 0 Å². The molecule has 2 unspecified atom stereocenters. The highest BCUT2D eigenvalue weighted by Gasteiger charge is 2.68. The number of nitrogens with two attached hydrogens (primary N) is 1. The molecule has 0 aromatic rings. The van der Waals surface area contributed by atoms with Crippen molar-refractivity contribution in [2.45, 2.75) is 57.9 Å². The van der Waals surface area contributed by atoms with Gasteiger partial charge in [-0.05, 0) is 55.8 Å². The highest BCUT2D eigenvalue weighted by molar-refractivity contribution is 5.40.